The lowest BCUT2D eigenvalue weighted by Gasteiger charge is -2.26. The smallest absolute Gasteiger partial charge is 0.303 e. The highest BCUT2D eigenvalue weighted by Gasteiger charge is 2.47. The zero-order chi connectivity index (χ0) is 25.0. The van der Waals surface area contributed by atoms with Crippen LogP contribution in [0.5, 0.6) is 11.5 Å². The van der Waals surface area contributed by atoms with Crippen molar-refractivity contribution in [3.8, 4) is 11.5 Å². The summed E-state index contributed by atoms with van der Waals surface area (Å²) in [6, 6.07) is 8.54. The first-order chi connectivity index (χ1) is 16.2. The van der Waals surface area contributed by atoms with Crippen LogP contribution in [0.3, 0.4) is 0 Å². The van der Waals surface area contributed by atoms with E-state index in [1.165, 1.54) is 43.4 Å². The lowest BCUT2D eigenvalue weighted by molar-refractivity contribution is -0.384. The van der Waals surface area contributed by atoms with Gasteiger partial charge in [-0.15, -0.1) is 0 Å². The molecule has 0 spiro atoms. The zero-order valence-electron chi connectivity index (χ0n) is 18.4. The van der Waals surface area contributed by atoms with Crippen molar-refractivity contribution in [1.82, 2.24) is 4.90 Å². The summed E-state index contributed by atoms with van der Waals surface area (Å²) in [4.78, 5) is 48.4. The summed E-state index contributed by atoms with van der Waals surface area (Å²) in [7, 11) is 2.85. The van der Waals surface area contributed by atoms with E-state index in [0.717, 1.165) is 0 Å². The van der Waals surface area contributed by atoms with Crippen LogP contribution in [-0.4, -0.2) is 58.5 Å². The van der Waals surface area contributed by atoms with E-state index >= 15 is 0 Å². The number of non-ortho nitro benzene ring substituents is 1. The fourth-order valence-electron chi connectivity index (χ4n) is 3.78. The Balaban J connectivity index is 2.17. The maximum atomic E-state index is 13.0. The van der Waals surface area contributed by atoms with Gasteiger partial charge in [0.15, 0.2) is 0 Å². The zero-order valence-corrected chi connectivity index (χ0v) is 18.4. The van der Waals surface area contributed by atoms with Crippen molar-refractivity contribution >= 4 is 29.1 Å². The van der Waals surface area contributed by atoms with Crippen molar-refractivity contribution in [2.24, 2.45) is 0 Å². The average molecular weight is 470 g/mol. The molecule has 2 aromatic rings. The molecule has 11 nitrogen and oxygen atoms in total. The van der Waals surface area contributed by atoms with Crippen LogP contribution < -0.4 is 9.47 Å². The molecule has 1 atom stereocenters. The summed E-state index contributed by atoms with van der Waals surface area (Å²) < 4.78 is 10.6. The number of rotatable bonds is 9. The number of carboxylic acids is 1. The number of carbonyl (C=O) groups is 3. The number of aliphatic carboxylic acids is 1. The van der Waals surface area contributed by atoms with Gasteiger partial charge in [0.2, 0.25) is 0 Å². The number of amides is 1. The van der Waals surface area contributed by atoms with Gasteiger partial charge in [-0.25, -0.2) is 0 Å². The van der Waals surface area contributed by atoms with Gasteiger partial charge in [0.1, 0.15) is 17.3 Å². The molecule has 2 N–H and O–H groups in total. The highest BCUT2D eigenvalue weighted by atomic mass is 16.6. The van der Waals surface area contributed by atoms with Gasteiger partial charge in [-0.3, -0.25) is 24.5 Å². The standard InChI is InChI=1S/C23H22N2O9/c1-33-15-9-10-16(17(12-15)34-2)20-19(21(28)13-5-7-14(8-6-13)25(31)32)22(29)23(30)24(20)11-3-4-18(26)27/h5-10,12,20,28H,3-4,11H2,1-2H3,(H,26,27)/b21-19-. The maximum Gasteiger partial charge on any atom is 0.303 e. The Hall–Kier alpha value is -4.41. The summed E-state index contributed by atoms with van der Waals surface area (Å²) in [5, 5.41) is 30.9. The van der Waals surface area contributed by atoms with Crippen molar-refractivity contribution in [3.05, 3.63) is 69.3 Å². The summed E-state index contributed by atoms with van der Waals surface area (Å²) in [5.41, 5.74) is 0.0320. The second-order valence-electron chi connectivity index (χ2n) is 7.40. The lowest BCUT2D eigenvalue weighted by atomic mass is 9.94. The highest BCUT2D eigenvalue weighted by molar-refractivity contribution is 6.46. The molecule has 0 saturated carbocycles. The molecular weight excluding hydrogens is 448 g/mol. The van der Waals surface area contributed by atoms with Crippen LogP contribution in [0.15, 0.2) is 48.0 Å². The number of nitro groups is 1. The number of ether oxygens (including phenoxy) is 2. The minimum Gasteiger partial charge on any atom is -0.507 e. The van der Waals surface area contributed by atoms with Gasteiger partial charge in [-0.1, -0.05) is 0 Å². The average Bonchev–Trinajstić information content (AvgIpc) is 3.07. The van der Waals surface area contributed by atoms with Gasteiger partial charge in [-0.05, 0) is 30.7 Å². The van der Waals surface area contributed by atoms with Crippen LogP contribution in [0.4, 0.5) is 5.69 Å². The molecule has 1 saturated heterocycles. The number of ketones is 1. The Bertz CT molecular complexity index is 1170. The SMILES string of the molecule is COc1ccc(C2/C(=C(/O)c3ccc([N+](=O)[O-])cc3)C(=O)C(=O)N2CCCC(=O)O)c(OC)c1. The number of aliphatic hydroxyl groups excluding tert-OH is 1. The predicted molar refractivity (Wildman–Crippen MR) is 119 cm³/mol. The van der Waals surface area contributed by atoms with Gasteiger partial charge in [0, 0.05) is 42.3 Å². The normalized spacial score (nSPS) is 17.0. The second kappa shape index (κ2) is 10.0. The quantitative estimate of drug-likeness (QED) is 0.185. The van der Waals surface area contributed by atoms with E-state index in [2.05, 4.69) is 0 Å². The van der Waals surface area contributed by atoms with Gasteiger partial charge >= 0.3 is 5.97 Å². The van der Waals surface area contributed by atoms with Gasteiger partial charge in [-0.2, -0.15) is 0 Å². The van der Waals surface area contributed by atoms with Gasteiger partial charge in [0.05, 0.1) is 30.8 Å². The van der Waals surface area contributed by atoms with E-state index in [1.54, 1.807) is 18.2 Å². The molecule has 0 radical (unpaired) electrons. The van der Waals surface area contributed by atoms with Crippen LogP contribution in [-0.2, 0) is 14.4 Å². The number of likely N-dealkylation sites (tertiary alicyclic amines) is 1. The summed E-state index contributed by atoms with van der Waals surface area (Å²) in [6.07, 6.45) is -0.146. The third-order valence-corrected chi connectivity index (χ3v) is 5.42. The molecule has 0 bridgehead atoms. The number of hydrogen-bond acceptors (Lipinski definition) is 8. The Kier molecular flexibility index (Phi) is 7.15. The van der Waals surface area contributed by atoms with E-state index in [4.69, 9.17) is 14.6 Å². The molecule has 1 aliphatic rings. The lowest BCUT2D eigenvalue weighted by Crippen LogP contribution is -2.31. The first-order valence-corrected chi connectivity index (χ1v) is 10.2. The molecule has 1 unspecified atom stereocenters. The molecular formula is C23H22N2O9. The molecule has 178 valence electrons. The number of aliphatic hydroxyl groups is 1. The Morgan fingerprint density at radius 1 is 1.09 bits per heavy atom. The van der Waals surface area contributed by atoms with Crippen molar-refractivity contribution < 1.29 is 39.0 Å². The second-order valence-corrected chi connectivity index (χ2v) is 7.40. The van der Waals surface area contributed by atoms with Gasteiger partial charge in [0.25, 0.3) is 17.4 Å². The van der Waals surface area contributed by atoms with E-state index in [1.807, 2.05) is 0 Å². The van der Waals surface area contributed by atoms with Crippen LogP contribution in [0, 0.1) is 10.1 Å². The van der Waals surface area contributed by atoms with Crippen molar-refractivity contribution in [3.63, 3.8) is 0 Å². The number of benzene rings is 2. The van der Waals surface area contributed by atoms with Crippen LogP contribution >= 0.6 is 0 Å². The molecule has 1 fully saturated rings. The minimum absolute atomic E-state index is 0.0617. The summed E-state index contributed by atoms with van der Waals surface area (Å²) >= 11 is 0. The molecule has 11 heteroatoms. The molecule has 1 heterocycles. The van der Waals surface area contributed by atoms with E-state index in [-0.39, 0.29) is 42.0 Å². The molecule has 0 aromatic heterocycles. The third-order valence-electron chi connectivity index (χ3n) is 5.42. The van der Waals surface area contributed by atoms with Crippen LogP contribution in [0.1, 0.15) is 30.0 Å². The summed E-state index contributed by atoms with van der Waals surface area (Å²) in [6.45, 7) is -0.0617. The molecule has 0 aliphatic carbocycles. The number of nitrogens with zero attached hydrogens (tertiary/aromatic N) is 2. The van der Waals surface area contributed by atoms with Crippen molar-refractivity contribution in [1.29, 1.82) is 0 Å². The Morgan fingerprint density at radius 2 is 1.76 bits per heavy atom. The number of hydrogen-bond donors (Lipinski definition) is 2. The molecule has 2 aromatic carbocycles. The van der Waals surface area contributed by atoms with E-state index < -0.39 is 34.4 Å². The first-order valence-electron chi connectivity index (χ1n) is 10.2. The monoisotopic (exact) mass is 470 g/mol. The number of nitro benzene ring substituents is 1. The first kappa shape index (κ1) is 24.2. The molecule has 3 rings (SSSR count). The number of Topliss-reactive ketones (excluding diaryl/α,β-unsaturated/α-hetero) is 1. The molecule has 1 amide bonds. The van der Waals surface area contributed by atoms with Gasteiger partial charge < -0.3 is 24.6 Å². The highest BCUT2D eigenvalue weighted by Crippen LogP contribution is 2.43. The third kappa shape index (κ3) is 4.68. The Labute approximate surface area is 194 Å². The summed E-state index contributed by atoms with van der Waals surface area (Å²) in [5.74, 6) is -2.70. The fourth-order valence-corrected chi connectivity index (χ4v) is 3.78. The fraction of sp³-hybridized carbons (Fsp3) is 0.261. The van der Waals surface area contributed by atoms with E-state index in [0.29, 0.717) is 11.3 Å². The molecule has 1 aliphatic heterocycles. The number of carboxylic acid groups (broad SMARTS) is 1. The van der Waals surface area contributed by atoms with E-state index in [9.17, 15) is 29.6 Å². The van der Waals surface area contributed by atoms with Crippen molar-refractivity contribution in [2.45, 2.75) is 18.9 Å². The Morgan fingerprint density at radius 3 is 2.32 bits per heavy atom. The largest absolute Gasteiger partial charge is 0.507 e. The predicted octanol–water partition coefficient (Wildman–Crippen LogP) is 2.90. The number of carbonyl (C=O) groups excluding carboxylic acids is 2. The maximum absolute atomic E-state index is 13.0. The van der Waals surface area contributed by atoms with Crippen molar-refractivity contribution in [2.75, 3.05) is 20.8 Å². The number of methoxy groups -OCH3 is 2. The molecule has 34 heavy (non-hydrogen) atoms. The topological polar surface area (TPSA) is 157 Å². The minimum atomic E-state index is -1.08. The van der Waals surface area contributed by atoms with Crippen LogP contribution in [0.2, 0.25) is 0 Å². The van der Waals surface area contributed by atoms with Crippen LogP contribution in [0.25, 0.3) is 5.76 Å².